The molecule has 1 aliphatic heterocycles. The topological polar surface area (TPSA) is 42.4 Å². The van der Waals surface area contributed by atoms with Crippen LogP contribution in [0.2, 0.25) is 0 Å². The van der Waals surface area contributed by atoms with Crippen LogP contribution >= 0.6 is 0 Å². The number of amides is 1. The van der Waals surface area contributed by atoms with Crippen LogP contribution in [0, 0.1) is 0 Å². The van der Waals surface area contributed by atoms with Gasteiger partial charge in [-0.05, 0) is 12.1 Å². The van der Waals surface area contributed by atoms with E-state index in [2.05, 4.69) is 4.98 Å². The van der Waals surface area contributed by atoms with Gasteiger partial charge < -0.3 is 9.64 Å². The average molecular weight is 190 g/mol. The number of aromatic nitrogens is 1. The Morgan fingerprint density at radius 2 is 1.93 bits per heavy atom. The third kappa shape index (κ3) is 1.90. The Hall–Kier alpha value is -1.84. The van der Waals surface area contributed by atoms with E-state index < -0.39 is 0 Å². The molecule has 0 atom stereocenters. The predicted octanol–water partition coefficient (Wildman–Crippen LogP) is 1.45. The Labute approximate surface area is 81.8 Å². The standard InChI is InChI=1S/C10H10N2O2/c13-10(12-7-1-2-8-12)14-9-3-5-11-6-4-9/h1-6H,7-8H2. The van der Waals surface area contributed by atoms with E-state index in [1.165, 1.54) is 0 Å². The predicted molar refractivity (Wildman–Crippen MR) is 51.0 cm³/mol. The van der Waals surface area contributed by atoms with Gasteiger partial charge in [-0.25, -0.2) is 4.79 Å². The van der Waals surface area contributed by atoms with E-state index in [0.29, 0.717) is 18.8 Å². The molecule has 0 spiro atoms. The van der Waals surface area contributed by atoms with Crippen LogP contribution in [0.3, 0.4) is 0 Å². The van der Waals surface area contributed by atoms with Crippen molar-refractivity contribution in [3.63, 3.8) is 0 Å². The van der Waals surface area contributed by atoms with Gasteiger partial charge in [0.2, 0.25) is 0 Å². The van der Waals surface area contributed by atoms with Crippen molar-refractivity contribution in [1.29, 1.82) is 0 Å². The number of rotatable bonds is 1. The van der Waals surface area contributed by atoms with Gasteiger partial charge in [0.1, 0.15) is 5.75 Å². The maximum Gasteiger partial charge on any atom is 0.415 e. The number of pyridine rings is 1. The van der Waals surface area contributed by atoms with Gasteiger partial charge in [-0.3, -0.25) is 4.98 Å². The van der Waals surface area contributed by atoms with Gasteiger partial charge in [0, 0.05) is 25.5 Å². The summed E-state index contributed by atoms with van der Waals surface area (Å²) in [5, 5.41) is 0. The summed E-state index contributed by atoms with van der Waals surface area (Å²) in [6, 6.07) is 3.31. The summed E-state index contributed by atoms with van der Waals surface area (Å²) in [5.41, 5.74) is 0. The van der Waals surface area contributed by atoms with Gasteiger partial charge in [-0.1, -0.05) is 12.2 Å². The summed E-state index contributed by atoms with van der Waals surface area (Å²) >= 11 is 0. The van der Waals surface area contributed by atoms with Crippen molar-refractivity contribution in [1.82, 2.24) is 9.88 Å². The molecule has 0 aliphatic carbocycles. The second-order valence-electron chi connectivity index (χ2n) is 2.93. The van der Waals surface area contributed by atoms with Crippen LogP contribution in [-0.4, -0.2) is 29.1 Å². The van der Waals surface area contributed by atoms with Crippen LogP contribution in [-0.2, 0) is 0 Å². The third-order valence-corrected chi connectivity index (χ3v) is 1.93. The van der Waals surface area contributed by atoms with Gasteiger partial charge in [-0.15, -0.1) is 0 Å². The first kappa shape index (κ1) is 8.74. The average Bonchev–Trinajstić information content (AvgIpc) is 2.72. The quantitative estimate of drug-likeness (QED) is 0.629. The van der Waals surface area contributed by atoms with Crippen LogP contribution in [0.25, 0.3) is 0 Å². The van der Waals surface area contributed by atoms with E-state index in [-0.39, 0.29) is 6.09 Å². The lowest BCUT2D eigenvalue weighted by molar-refractivity contribution is 0.164. The van der Waals surface area contributed by atoms with Crippen LogP contribution in [0.5, 0.6) is 5.75 Å². The smallest absolute Gasteiger partial charge is 0.410 e. The molecular formula is C10H10N2O2. The number of hydrogen-bond donors (Lipinski definition) is 0. The fourth-order valence-electron chi connectivity index (χ4n) is 1.20. The largest absolute Gasteiger partial charge is 0.415 e. The number of hydrogen-bond acceptors (Lipinski definition) is 3. The first-order valence-corrected chi connectivity index (χ1v) is 4.38. The summed E-state index contributed by atoms with van der Waals surface area (Å²) in [6.45, 7) is 1.26. The lowest BCUT2D eigenvalue weighted by atomic mass is 10.5. The zero-order valence-electron chi connectivity index (χ0n) is 7.59. The van der Waals surface area contributed by atoms with E-state index >= 15 is 0 Å². The molecule has 0 unspecified atom stereocenters. The second-order valence-corrected chi connectivity index (χ2v) is 2.93. The molecule has 1 amide bonds. The molecular weight excluding hydrogens is 180 g/mol. The van der Waals surface area contributed by atoms with Crippen molar-refractivity contribution in [3.05, 3.63) is 36.7 Å². The highest BCUT2D eigenvalue weighted by Gasteiger charge is 2.15. The summed E-state index contributed by atoms with van der Waals surface area (Å²) in [6.07, 6.45) is 6.73. The Bertz CT molecular complexity index is 340. The Kier molecular flexibility index (Phi) is 2.44. The molecule has 0 aromatic carbocycles. The summed E-state index contributed by atoms with van der Waals surface area (Å²) in [5.74, 6) is 0.525. The first-order valence-electron chi connectivity index (χ1n) is 4.38. The number of nitrogens with zero attached hydrogens (tertiary/aromatic N) is 2. The van der Waals surface area contributed by atoms with E-state index in [4.69, 9.17) is 4.74 Å². The molecule has 0 bridgehead atoms. The third-order valence-electron chi connectivity index (χ3n) is 1.93. The molecule has 2 rings (SSSR count). The molecule has 0 fully saturated rings. The Morgan fingerprint density at radius 1 is 1.29 bits per heavy atom. The van der Waals surface area contributed by atoms with Gasteiger partial charge in [0.15, 0.2) is 0 Å². The van der Waals surface area contributed by atoms with Crippen molar-refractivity contribution in [2.24, 2.45) is 0 Å². The highest BCUT2D eigenvalue weighted by Crippen LogP contribution is 2.10. The lowest BCUT2D eigenvalue weighted by Crippen LogP contribution is -2.31. The molecule has 2 heterocycles. The molecule has 14 heavy (non-hydrogen) atoms. The molecule has 1 aliphatic rings. The lowest BCUT2D eigenvalue weighted by Gasteiger charge is -2.14. The molecule has 1 aromatic heterocycles. The molecule has 0 radical (unpaired) electrons. The summed E-state index contributed by atoms with van der Waals surface area (Å²) in [7, 11) is 0. The molecule has 4 nitrogen and oxygen atoms in total. The number of carbonyl (C=O) groups is 1. The van der Waals surface area contributed by atoms with Crippen LogP contribution in [0.4, 0.5) is 4.79 Å². The van der Waals surface area contributed by atoms with E-state index in [9.17, 15) is 4.79 Å². The Balaban J connectivity index is 1.95. The van der Waals surface area contributed by atoms with Crippen molar-refractivity contribution in [2.45, 2.75) is 0 Å². The van der Waals surface area contributed by atoms with Crippen LogP contribution in [0.1, 0.15) is 0 Å². The molecule has 0 N–H and O–H groups in total. The highest BCUT2D eigenvalue weighted by atomic mass is 16.6. The minimum atomic E-state index is -0.318. The molecule has 0 saturated carbocycles. The summed E-state index contributed by atoms with van der Waals surface area (Å²) < 4.78 is 5.11. The maximum atomic E-state index is 11.5. The zero-order valence-corrected chi connectivity index (χ0v) is 7.59. The zero-order chi connectivity index (χ0) is 9.80. The summed E-state index contributed by atoms with van der Waals surface area (Å²) in [4.78, 5) is 16.9. The van der Waals surface area contributed by atoms with Gasteiger partial charge >= 0.3 is 6.09 Å². The molecule has 0 saturated heterocycles. The molecule has 4 heteroatoms. The minimum Gasteiger partial charge on any atom is -0.410 e. The van der Waals surface area contributed by atoms with Crippen molar-refractivity contribution < 1.29 is 9.53 Å². The fraction of sp³-hybridized carbons (Fsp3) is 0.200. The normalized spacial score (nSPS) is 14.4. The van der Waals surface area contributed by atoms with Gasteiger partial charge in [0.25, 0.3) is 0 Å². The highest BCUT2D eigenvalue weighted by molar-refractivity contribution is 5.71. The van der Waals surface area contributed by atoms with Gasteiger partial charge in [-0.2, -0.15) is 0 Å². The molecule has 72 valence electrons. The van der Waals surface area contributed by atoms with Gasteiger partial charge in [0.05, 0.1) is 0 Å². The molecule has 1 aromatic rings. The van der Waals surface area contributed by atoms with Crippen LogP contribution < -0.4 is 4.74 Å². The van der Waals surface area contributed by atoms with Crippen LogP contribution in [0.15, 0.2) is 36.7 Å². The van der Waals surface area contributed by atoms with Crippen molar-refractivity contribution >= 4 is 6.09 Å². The number of carbonyl (C=O) groups excluding carboxylic acids is 1. The fourth-order valence-corrected chi connectivity index (χ4v) is 1.20. The van der Waals surface area contributed by atoms with E-state index in [1.54, 1.807) is 29.4 Å². The van der Waals surface area contributed by atoms with Crippen molar-refractivity contribution in [3.8, 4) is 5.75 Å². The van der Waals surface area contributed by atoms with E-state index in [0.717, 1.165) is 0 Å². The minimum absolute atomic E-state index is 0.318. The number of ether oxygens (including phenoxy) is 1. The van der Waals surface area contributed by atoms with E-state index in [1.807, 2.05) is 12.2 Å². The SMILES string of the molecule is O=C(Oc1ccncc1)N1CC=CC1. The Morgan fingerprint density at radius 3 is 2.57 bits per heavy atom. The first-order chi connectivity index (χ1) is 6.86. The second kappa shape index (κ2) is 3.91. The maximum absolute atomic E-state index is 11.5. The monoisotopic (exact) mass is 190 g/mol. The van der Waals surface area contributed by atoms with Crippen molar-refractivity contribution in [2.75, 3.05) is 13.1 Å².